The molecule has 2 amide bonds. The van der Waals surface area contributed by atoms with Crippen molar-refractivity contribution in [1.29, 1.82) is 0 Å². The molecule has 0 unspecified atom stereocenters. The first kappa shape index (κ1) is 16.5. The maximum atomic E-state index is 12.5. The van der Waals surface area contributed by atoms with Gasteiger partial charge in [0.1, 0.15) is 0 Å². The van der Waals surface area contributed by atoms with E-state index in [0.717, 1.165) is 17.0 Å². The van der Waals surface area contributed by atoms with E-state index in [1.165, 1.54) is 0 Å². The van der Waals surface area contributed by atoms with Gasteiger partial charge in [-0.3, -0.25) is 19.5 Å². The maximum absolute atomic E-state index is 12.5. The molecular formula is C16H22N4O4. The molecule has 3 heterocycles. The second-order valence-corrected chi connectivity index (χ2v) is 6.77. The lowest BCUT2D eigenvalue weighted by atomic mass is 9.77. The van der Waals surface area contributed by atoms with Crippen molar-refractivity contribution in [2.45, 2.75) is 45.1 Å². The minimum Gasteiger partial charge on any atom is -0.481 e. The number of carboxylic acids is 1. The van der Waals surface area contributed by atoms with E-state index in [1.807, 2.05) is 13.8 Å². The first-order chi connectivity index (χ1) is 11.3. The van der Waals surface area contributed by atoms with Crippen molar-refractivity contribution >= 4 is 17.8 Å². The van der Waals surface area contributed by atoms with Crippen LogP contribution in [0.15, 0.2) is 0 Å². The quantitative estimate of drug-likeness (QED) is 0.728. The molecule has 2 aliphatic heterocycles. The number of H-pyrrole nitrogens is 1. The zero-order valence-electron chi connectivity index (χ0n) is 13.9. The van der Waals surface area contributed by atoms with E-state index in [-0.39, 0.29) is 24.7 Å². The van der Waals surface area contributed by atoms with E-state index in [9.17, 15) is 19.5 Å². The molecule has 0 aliphatic carbocycles. The topological polar surface area (TPSA) is 115 Å². The van der Waals surface area contributed by atoms with Gasteiger partial charge in [-0.15, -0.1) is 0 Å². The first-order valence-corrected chi connectivity index (χ1v) is 8.14. The van der Waals surface area contributed by atoms with Gasteiger partial charge in [0, 0.05) is 30.8 Å². The Balaban J connectivity index is 1.65. The van der Waals surface area contributed by atoms with E-state index in [2.05, 4.69) is 15.5 Å². The summed E-state index contributed by atoms with van der Waals surface area (Å²) in [5.74, 6) is -1.86. The van der Waals surface area contributed by atoms with Crippen molar-refractivity contribution in [3.05, 3.63) is 17.0 Å². The molecule has 1 aromatic heterocycles. The van der Waals surface area contributed by atoms with Gasteiger partial charge in [-0.2, -0.15) is 5.10 Å². The average Bonchev–Trinajstić information content (AvgIpc) is 3.02. The van der Waals surface area contributed by atoms with Crippen molar-refractivity contribution in [2.24, 2.45) is 5.92 Å². The Morgan fingerprint density at radius 1 is 1.33 bits per heavy atom. The smallest absolute Gasteiger partial charge is 0.309 e. The molecule has 1 atom stereocenters. The highest BCUT2D eigenvalue weighted by Crippen LogP contribution is 2.37. The molecule has 8 nitrogen and oxygen atoms in total. The largest absolute Gasteiger partial charge is 0.481 e. The van der Waals surface area contributed by atoms with E-state index < -0.39 is 17.4 Å². The second-order valence-electron chi connectivity index (χ2n) is 6.77. The van der Waals surface area contributed by atoms with Gasteiger partial charge in [-0.05, 0) is 26.7 Å². The number of piperidine rings is 1. The van der Waals surface area contributed by atoms with Crippen LogP contribution in [-0.4, -0.2) is 56.6 Å². The Bertz CT molecular complexity index is 669. The summed E-state index contributed by atoms with van der Waals surface area (Å²) in [7, 11) is 0. The van der Waals surface area contributed by atoms with Crippen LogP contribution in [0.5, 0.6) is 0 Å². The van der Waals surface area contributed by atoms with Crippen molar-refractivity contribution in [2.75, 3.05) is 13.1 Å². The van der Waals surface area contributed by atoms with Gasteiger partial charge < -0.3 is 15.3 Å². The lowest BCUT2D eigenvalue weighted by molar-refractivity contribution is -0.145. The van der Waals surface area contributed by atoms with Crippen LogP contribution < -0.4 is 5.32 Å². The van der Waals surface area contributed by atoms with Gasteiger partial charge in [0.15, 0.2) is 0 Å². The van der Waals surface area contributed by atoms with E-state index in [1.54, 1.807) is 4.90 Å². The summed E-state index contributed by atoms with van der Waals surface area (Å²) in [6.45, 7) is 4.67. The Morgan fingerprint density at radius 3 is 2.54 bits per heavy atom. The van der Waals surface area contributed by atoms with Crippen LogP contribution in [-0.2, 0) is 20.8 Å². The fourth-order valence-corrected chi connectivity index (χ4v) is 3.85. The van der Waals surface area contributed by atoms with Crippen LogP contribution in [0.1, 0.15) is 36.2 Å². The van der Waals surface area contributed by atoms with E-state index in [0.29, 0.717) is 25.9 Å². The zero-order chi connectivity index (χ0) is 17.5. The molecule has 0 aromatic carbocycles. The fraction of sp³-hybridized carbons (Fsp3) is 0.625. The lowest BCUT2D eigenvalue weighted by Crippen LogP contribution is -2.56. The predicted molar refractivity (Wildman–Crippen MR) is 84.2 cm³/mol. The molecule has 0 saturated carbocycles. The van der Waals surface area contributed by atoms with Crippen LogP contribution in [0, 0.1) is 19.8 Å². The third-order valence-electron chi connectivity index (χ3n) is 5.36. The standard InChI is InChI=1S/C16H22N4O4/c1-9-11(10(2)19-18-9)7-14(22)20-5-3-16(4-6-20)12(15(23)24)8-13(21)17-16/h12H,3-8H2,1-2H3,(H,17,21)(H,18,19)(H,23,24)/t12-/m1/s1. The number of likely N-dealkylation sites (tertiary alicyclic amines) is 1. The molecule has 2 fully saturated rings. The molecule has 1 spiro atoms. The maximum Gasteiger partial charge on any atom is 0.309 e. The highest BCUT2D eigenvalue weighted by molar-refractivity contribution is 5.88. The minimum absolute atomic E-state index is 0.00801. The number of nitrogens with one attached hydrogen (secondary N) is 2. The summed E-state index contributed by atoms with van der Waals surface area (Å²) in [6.07, 6.45) is 1.27. The van der Waals surface area contributed by atoms with Crippen LogP contribution in [0.4, 0.5) is 0 Å². The number of aliphatic carboxylic acids is 1. The number of carbonyl (C=O) groups is 3. The van der Waals surface area contributed by atoms with Gasteiger partial charge in [0.2, 0.25) is 11.8 Å². The first-order valence-electron chi connectivity index (χ1n) is 8.14. The van der Waals surface area contributed by atoms with Crippen molar-refractivity contribution < 1.29 is 19.5 Å². The van der Waals surface area contributed by atoms with Gasteiger partial charge in [-0.25, -0.2) is 0 Å². The van der Waals surface area contributed by atoms with Crippen LogP contribution >= 0.6 is 0 Å². The third kappa shape index (κ3) is 2.76. The number of aromatic amines is 1. The van der Waals surface area contributed by atoms with Gasteiger partial charge in [0.25, 0.3) is 0 Å². The van der Waals surface area contributed by atoms with Crippen molar-refractivity contribution in [3.8, 4) is 0 Å². The summed E-state index contributed by atoms with van der Waals surface area (Å²) in [5.41, 5.74) is 1.92. The molecule has 2 saturated heterocycles. The number of aryl methyl sites for hydroxylation is 2. The van der Waals surface area contributed by atoms with Crippen molar-refractivity contribution in [1.82, 2.24) is 20.4 Å². The number of nitrogens with zero attached hydrogens (tertiary/aromatic N) is 2. The molecule has 0 radical (unpaired) electrons. The average molecular weight is 334 g/mol. The van der Waals surface area contributed by atoms with Crippen LogP contribution in [0.2, 0.25) is 0 Å². The molecule has 3 rings (SSSR count). The summed E-state index contributed by atoms with van der Waals surface area (Å²) in [4.78, 5) is 37.4. The summed E-state index contributed by atoms with van der Waals surface area (Å²) in [5, 5.41) is 19.2. The van der Waals surface area contributed by atoms with Crippen LogP contribution in [0.25, 0.3) is 0 Å². The van der Waals surface area contributed by atoms with Crippen molar-refractivity contribution in [3.63, 3.8) is 0 Å². The second kappa shape index (κ2) is 5.92. The molecular weight excluding hydrogens is 312 g/mol. The Labute approximate surface area is 139 Å². The predicted octanol–water partition coefficient (Wildman–Crippen LogP) is 0.151. The molecule has 130 valence electrons. The number of carbonyl (C=O) groups excluding carboxylic acids is 2. The van der Waals surface area contributed by atoms with Gasteiger partial charge in [-0.1, -0.05) is 0 Å². The third-order valence-corrected chi connectivity index (χ3v) is 5.36. The Morgan fingerprint density at radius 2 is 2.00 bits per heavy atom. The summed E-state index contributed by atoms with van der Waals surface area (Å²) in [6, 6.07) is 0. The Hall–Kier alpha value is -2.38. The van der Waals surface area contributed by atoms with E-state index in [4.69, 9.17) is 0 Å². The van der Waals surface area contributed by atoms with Crippen LogP contribution in [0.3, 0.4) is 0 Å². The fourth-order valence-electron chi connectivity index (χ4n) is 3.85. The number of hydrogen-bond donors (Lipinski definition) is 3. The summed E-state index contributed by atoms with van der Waals surface area (Å²) < 4.78 is 0. The molecule has 24 heavy (non-hydrogen) atoms. The highest BCUT2D eigenvalue weighted by Gasteiger charge is 2.51. The Kier molecular flexibility index (Phi) is 4.06. The number of carboxylic acid groups (broad SMARTS) is 1. The van der Waals surface area contributed by atoms with Gasteiger partial charge in [0.05, 0.1) is 23.6 Å². The molecule has 1 aromatic rings. The number of rotatable bonds is 3. The molecule has 2 aliphatic rings. The normalized spacial score (nSPS) is 22.7. The number of hydrogen-bond acceptors (Lipinski definition) is 4. The van der Waals surface area contributed by atoms with Gasteiger partial charge >= 0.3 is 5.97 Å². The molecule has 8 heteroatoms. The molecule has 3 N–H and O–H groups in total. The number of aromatic nitrogens is 2. The summed E-state index contributed by atoms with van der Waals surface area (Å²) >= 11 is 0. The lowest BCUT2D eigenvalue weighted by Gasteiger charge is -2.41. The SMILES string of the molecule is Cc1n[nH]c(C)c1CC(=O)N1CCC2(CC1)NC(=O)C[C@@H]2C(=O)O. The number of amides is 2. The molecule has 0 bridgehead atoms. The minimum atomic E-state index is -0.947. The highest BCUT2D eigenvalue weighted by atomic mass is 16.4. The van der Waals surface area contributed by atoms with E-state index >= 15 is 0 Å². The zero-order valence-corrected chi connectivity index (χ0v) is 13.9. The monoisotopic (exact) mass is 334 g/mol.